The number of carbonyl (C=O) groups is 1. The van der Waals surface area contributed by atoms with Crippen molar-refractivity contribution in [2.45, 2.75) is 13.8 Å². The van der Waals surface area contributed by atoms with E-state index < -0.39 is 5.97 Å². The molecule has 6 nitrogen and oxygen atoms in total. The van der Waals surface area contributed by atoms with Crippen molar-refractivity contribution in [2.24, 2.45) is 0 Å². The van der Waals surface area contributed by atoms with Gasteiger partial charge in [-0.2, -0.15) is 0 Å². The minimum atomic E-state index is -1.01. The number of hydrogen-bond donors (Lipinski definition) is 2. The molecule has 0 spiro atoms. The number of carboxylic acids is 1. The summed E-state index contributed by atoms with van der Waals surface area (Å²) in [5, 5.41) is 11.9. The average molecular weight is 343 g/mol. The van der Waals surface area contributed by atoms with E-state index in [2.05, 4.69) is 10.4 Å². The third-order valence-electron chi connectivity index (χ3n) is 3.53. The molecule has 2 N–H and O–H groups in total. The van der Waals surface area contributed by atoms with Gasteiger partial charge in [0.15, 0.2) is 0 Å². The van der Waals surface area contributed by atoms with E-state index in [1.807, 2.05) is 32.0 Å². The molecule has 7 heteroatoms. The molecule has 0 fully saturated rings. The third-order valence-corrected chi connectivity index (χ3v) is 4.49. The van der Waals surface area contributed by atoms with E-state index in [0.29, 0.717) is 11.6 Å². The molecule has 0 saturated carbocycles. The van der Waals surface area contributed by atoms with Gasteiger partial charge in [-0.3, -0.25) is 10.4 Å². The van der Waals surface area contributed by atoms with Gasteiger partial charge in [0.25, 0.3) is 0 Å². The topological polar surface area (TPSA) is 74.7 Å². The third kappa shape index (κ3) is 3.41. The first kappa shape index (κ1) is 16.1. The predicted molar refractivity (Wildman–Crippen MR) is 92.6 cm³/mol. The number of nitrogens with zero attached hydrogens (tertiary/aromatic N) is 2. The number of carboxylic acid groups (broad SMARTS) is 1. The minimum absolute atomic E-state index is 0.159. The van der Waals surface area contributed by atoms with Crippen LogP contribution in [0, 0.1) is 6.92 Å². The van der Waals surface area contributed by atoms with Crippen LogP contribution in [0.15, 0.2) is 48.1 Å². The van der Waals surface area contributed by atoms with E-state index in [4.69, 9.17) is 4.74 Å². The lowest BCUT2D eigenvalue weighted by Gasteiger charge is -2.26. The van der Waals surface area contributed by atoms with Crippen molar-refractivity contribution in [1.29, 1.82) is 0 Å². The molecule has 0 amide bonds. The summed E-state index contributed by atoms with van der Waals surface area (Å²) in [6.07, 6.45) is 5.48. The fourth-order valence-corrected chi connectivity index (χ4v) is 2.93. The highest BCUT2D eigenvalue weighted by atomic mass is 32.1. The van der Waals surface area contributed by atoms with Gasteiger partial charge in [-0.05, 0) is 38.1 Å². The molecule has 2 heterocycles. The molecule has 2 aromatic rings. The predicted octanol–water partition coefficient (Wildman–Crippen LogP) is 3.39. The fraction of sp³-hybridized carbons (Fsp3) is 0.176. The number of nitrogens with one attached hydrogen (secondary N) is 1. The van der Waals surface area contributed by atoms with Crippen LogP contribution in [0.4, 0.5) is 0 Å². The second-order valence-electron chi connectivity index (χ2n) is 5.44. The largest absolute Gasteiger partial charge is 0.478 e. The van der Waals surface area contributed by atoms with E-state index >= 15 is 0 Å². The molecule has 124 valence electrons. The lowest BCUT2D eigenvalue weighted by atomic mass is 10.1. The molecule has 1 aromatic carbocycles. The van der Waals surface area contributed by atoms with Gasteiger partial charge in [-0.15, -0.1) is 11.3 Å². The number of allylic oxidation sites excluding steroid dienone is 3. The van der Waals surface area contributed by atoms with Crippen molar-refractivity contribution in [2.75, 3.05) is 7.05 Å². The number of aromatic carboxylic acids is 1. The Morgan fingerprint density at radius 2 is 2.08 bits per heavy atom. The second-order valence-corrected chi connectivity index (χ2v) is 6.67. The second kappa shape index (κ2) is 6.37. The summed E-state index contributed by atoms with van der Waals surface area (Å²) < 4.78 is 5.81. The maximum Gasteiger partial charge on any atom is 0.335 e. The Morgan fingerprint density at radius 3 is 2.71 bits per heavy atom. The Balaban J connectivity index is 1.96. The fourth-order valence-electron chi connectivity index (χ4n) is 2.18. The molecule has 1 aliphatic rings. The summed E-state index contributed by atoms with van der Waals surface area (Å²) in [6.45, 7) is 3.93. The average Bonchev–Trinajstić information content (AvgIpc) is 2.97. The number of rotatable bonds is 4. The molecule has 3 rings (SSSR count). The highest BCUT2D eigenvalue weighted by Gasteiger charge is 2.14. The summed E-state index contributed by atoms with van der Waals surface area (Å²) in [5.41, 5.74) is 4.99. The van der Waals surface area contributed by atoms with Crippen LogP contribution in [0.5, 0.6) is 5.75 Å². The molecule has 24 heavy (non-hydrogen) atoms. The lowest BCUT2D eigenvalue weighted by molar-refractivity contribution is 0.0696. The molecule has 1 aliphatic heterocycles. The quantitative estimate of drug-likeness (QED) is 0.886. The van der Waals surface area contributed by atoms with E-state index in [9.17, 15) is 9.90 Å². The number of hydrogen-bond acceptors (Lipinski definition) is 6. The van der Waals surface area contributed by atoms with Crippen LogP contribution < -0.4 is 10.2 Å². The highest BCUT2D eigenvalue weighted by Crippen LogP contribution is 2.30. The molecule has 0 bridgehead atoms. The number of ether oxygens (including phenoxy) is 1. The molecule has 0 aliphatic carbocycles. The van der Waals surface area contributed by atoms with Gasteiger partial charge in [0, 0.05) is 35.5 Å². The van der Waals surface area contributed by atoms with E-state index in [1.54, 1.807) is 24.4 Å². The Kier molecular flexibility index (Phi) is 4.26. The molecule has 1 aromatic heterocycles. The highest BCUT2D eigenvalue weighted by molar-refractivity contribution is 7.14. The lowest BCUT2D eigenvalue weighted by Crippen LogP contribution is -2.36. The van der Waals surface area contributed by atoms with Crippen molar-refractivity contribution >= 4 is 17.3 Å². The summed E-state index contributed by atoms with van der Waals surface area (Å²) in [6, 6.07) is 4.89. The molecule has 0 radical (unpaired) electrons. The maximum absolute atomic E-state index is 11.4. The summed E-state index contributed by atoms with van der Waals surface area (Å²) in [7, 11) is 1.87. The van der Waals surface area contributed by atoms with Gasteiger partial charge in [-0.1, -0.05) is 0 Å². The molecular weight excluding hydrogens is 326 g/mol. The first-order valence-electron chi connectivity index (χ1n) is 7.30. The zero-order valence-corrected chi connectivity index (χ0v) is 14.3. The van der Waals surface area contributed by atoms with Crippen LogP contribution in [-0.2, 0) is 0 Å². The van der Waals surface area contributed by atoms with Gasteiger partial charge in [-0.25, -0.2) is 9.78 Å². The van der Waals surface area contributed by atoms with Crippen LogP contribution >= 0.6 is 11.3 Å². The zero-order chi connectivity index (χ0) is 17.3. The van der Waals surface area contributed by atoms with Gasteiger partial charge >= 0.3 is 5.97 Å². The van der Waals surface area contributed by atoms with Crippen molar-refractivity contribution in [1.82, 2.24) is 15.4 Å². The number of hydrazine groups is 1. The Bertz CT molecular complexity index is 855. The standard InChI is InChI=1S/C17H17N3O3S/c1-10-4-5-15(19-20(10)3)23-14-7-12(6-13(8-14)17(21)22)16-18-9-11(2)24-16/h4-9,19H,1-3H3,(H,21,22). The molecule has 0 saturated heterocycles. The maximum atomic E-state index is 11.4. The number of aryl methyl sites for hydroxylation is 1. The van der Waals surface area contributed by atoms with Gasteiger partial charge in [0.05, 0.1) is 5.56 Å². The smallest absolute Gasteiger partial charge is 0.335 e. The van der Waals surface area contributed by atoms with E-state index in [0.717, 1.165) is 21.1 Å². The zero-order valence-electron chi connectivity index (χ0n) is 13.5. The number of aromatic nitrogens is 1. The summed E-state index contributed by atoms with van der Waals surface area (Å²) in [5.74, 6) is -0.0433. The van der Waals surface area contributed by atoms with Crippen molar-refractivity contribution in [3.05, 3.63) is 58.6 Å². The van der Waals surface area contributed by atoms with E-state index in [1.165, 1.54) is 17.4 Å². The van der Waals surface area contributed by atoms with Crippen molar-refractivity contribution in [3.8, 4) is 16.3 Å². The Morgan fingerprint density at radius 1 is 1.29 bits per heavy atom. The number of thiazole rings is 1. The first-order valence-corrected chi connectivity index (χ1v) is 8.12. The summed E-state index contributed by atoms with van der Waals surface area (Å²) >= 11 is 1.51. The first-order chi connectivity index (χ1) is 11.4. The minimum Gasteiger partial charge on any atom is -0.478 e. The van der Waals surface area contributed by atoms with Crippen LogP contribution in [-0.4, -0.2) is 28.1 Å². The SMILES string of the molecule is CC1=CC=C(Oc2cc(C(=O)O)cc(-c3ncc(C)s3)c2)NN1C. The van der Waals surface area contributed by atoms with Gasteiger partial charge in [0.2, 0.25) is 5.88 Å². The summed E-state index contributed by atoms with van der Waals surface area (Å²) in [4.78, 5) is 16.8. The monoisotopic (exact) mass is 343 g/mol. The molecule has 0 atom stereocenters. The van der Waals surface area contributed by atoms with Crippen LogP contribution in [0.3, 0.4) is 0 Å². The van der Waals surface area contributed by atoms with Crippen LogP contribution in [0.1, 0.15) is 22.2 Å². The Hall–Kier alpha value is -2.80. The van der Waals surface area contributed by atoms with Crippen LogP contribution in [0.2, 0.25) is 0 Å². The molecular formula is C17H17N3O3S. The van der Waals surface area contributed by atoms with Crippen LogP contribution in [0.25, 0.3) is 10.6 Å². The van der Waals surface area contributed by atoms with Gasteiger partial charge < -0.3 is 9.84 Å². The van der Waals surface area contributed by atoms with E-state index in [-0.39, 0.29) is 5.56 Å². The Labute approximate surface area is 143 Å². The molecule has 0 unspecified atom stereocenters. The number of benzene rings is 1. The normalized spacial score (nSPS) is 13.9. The van der Waals surface area contributed by atoms with Crippen molar-refractivity contribution < 1.29 is 14.6 Å². The van der Waals surface area contributed by atoms with Gasteiger partial charge in [0.1, 0.15) is 10.8 Å². The van der Waals surface area contributed by atoms with Crippen molar-refractivity contribution in [3.63, 3.8) is 0 Å².